The van der Waals surface area contributed by atoms with Gasteiger partial charge in [0, 0.05) is 37.2 Å². The quantitative estimate of drug-likeness (QED) is 0.188. The molecule has 0 saturated heterocycles. The Morgan fingerprint density at radius 3 is 2.10 bits per heavy atom. The van der Waals surface area contributed by atoms with Crippen LogP contribution in [0.3, 0.4) is 0 Å². The molecule has 4 aromatic heterocycles. The molecule has 0 saturated carbocycles. The first-order chi connectivity index (χ1) is 24.1. The van der Waals surface area contributed by atoms with Gasteiger partial charge >= 0.3 is 0 Å². The van der Waals surface area contributed by atoms with Gasteiger partial charge in [-0.25, -0.2) is 9.97 Å². The summed E-state index contributed by atoms with van der Waals surface area (Å²) in [5, 5.41) is 7.72. The molecule has 11 rings (SSSR count). The SMILES string of the molecule is CC1(C)c2ccccc2-c2ccc(-c3ccc4nc(-n5c6ccccc6c6c7ccccc7c7c8ccccc8sc7c65)ccc4n3)cc21. The predicted octanol–water partition coefficient (Wildman–Crippen LogP) is 12.2. The molecule has 0 atom stereocenters. The maximum absolute atomic E-state index is 5.31. The first-order valence-electron chi connectivity index (χ1n) is 16.8. The van der Waals surface area contributed by atoms with E-state index in [1.165, 1.54) is 69.5 Å². The zero-order valence-electron chi connectivity index (χ0n) is 27.0. The highest BCUT2D eigenvalue weighted by Crippen LogP contribution is 2.50. The highest BCUT2D eigenvalue weighted by molar-refractivity contribution is 7.27. The van der Waals surface area contributed by atoms with Crippen LogP contribution in [0.2, 0.25) is 0 Å². The van der Waals surface area contributed by atoms with Crippen molar-refractivity contribution >= 4 is 75.1 Å². The summed E-state index contributed by atoms with van der Waals surface area (Å²) in [5.41, 5.74) is 11.6. The Bertz CT molecular complexity index is 3030. The predicted molar refractivity (Wildman–Crippen MR) is 207 cm³/mol. The highest BCUT2D eigenvalue weighted by Gasteiger charge is 2.35. The summed E-state index contributed by atoms with van der Waals surface area (Å²) < 4.78 is 4.97. The maximum atomic E-state index is 5.31. The van der Waals surface area contributed by atoms with Crippen molar-refractivity contribution in [2.24, 2.45) is 0 Å². The summed E-state index contributed by atoms with van der Waals surface area (Å²) in [4.78, 5) is 10.5. The fraction of sp³-hybridized carbons (Fsp3) is 0.0667. The lowest BCUT2D eigenvalue weighted by atomic mass is 9.82. The van der Waals surface area contributed by atoms with Gasteiger partial charge in [0.1, 0.15) is 5.82 Å². The van der Waals surface area contributed by atoms with Crippen LogP contribution in [0.1, 0.15) is 25.0 Å². The molecule has 3 nitrogen and oxygen atoms in total. The molecular weight excluding hydrogens is 615 g/mol. The van der Waals surface area contributed by atoms with E-state index in [0.29, 0.717) is 0 Å². The monoisotopic (exact) mass is 643 g/mol. The van der Waals surface area contributed by atoms with Crippen LogP contribution in [-0.4, -0.2) is 14.5 Å². The lowest BCUT2D eigenvalue weighted by Crippen LogP contribution is -2.14. The third kappa shape index (κ3) is 3.61. The molecule has 230 valence electrons. The number of hydrogen-bond donors (Lipinski definition) is 0. The summed E-state index contributed by atoms with van der Waals surface area (Å²) in [6.07, 6.45) is 0. The second-order valence-corrected chi connectivity index (χ2v) is 14.8. The van der Waals surface area contributed by atoms with Gasteiger partial charge in [-0.15, -0.1) is 11.3 Å². The van der Waals surface area contributed by atoms with Crippen LogP contribution in [0.15, 0.2) is 140 Å². The Hall–Kier alpha value is -5.84. The van der Waals surface area contributed by atoms with Crippen LogP contribution in [-0.2, 0) is 5.41 Å². The summed E-state index contributed by atoms with van der Waals surface area (Å²) in [6, 6.07) is 50.6. The molecule has 0 spiro atoms. The van der Waals surface area contributed by atoms with E-state index in [0.717, 1.165) is 33.6 Å². The standard InChI is InChI=1S/C45H29N3S/c1-45(2)33-16-8-5-11-27(33)28-20-19-26(25-34(28)45)35-21-22-37-36(46-35)23-24-40(47-37)48-38-17-9-6-14-31(38)41-29-12-3-4-13-30(29)42-32-15-7-10-18-39(32)49-44(42)43(41)48/h3-25H,1-2H3. The molecule has 0 bridgehead atoms. The Morgan fingerprint density at radius 2 is 1.22 bits per heavy atom. The van der Waals surface area contributed by atoms with E-state index in [1.54, 1.807) is 0 Å². The summed E-state index contributed by atoms with van der Waals surface area (Å²) in [7, 11) is 0. The van der Waals surface area contributed by atoms with Gasteiger partial charge in [0.2, 0.25) is 0 Å². The number of para-hydroxylation sites is 1. The molecular formula is C45H29N3S. The third-order valence-corrected chi connectivity index (χ3v) is 12.0. The van der Waals surface area contributed by atoms with E-state index in [1.807, 2.05) is 11.3 Å². The molecule has 6 aromatic carbocycles. The Kier molecular flexibility index (Phi) is 5.33. The van der Waals surface area contributed by atoms with E-state index in [9.17, 15) is 0 Å². The molecule has 0 radical (unpaired) electrons. The van der Waals surface area contributed by atoms with Crippen LogP contribution >= 0.6 is 11.3 Å². The number of nitrogens with zero attached hydrogens (tertiary/aromatic N) is 3. The Balaban J connectivity index is 1.12. The average Bonchev–Trinajstić information content (AvgIpc) is 3.78. The molecule has 4 heterocycles. The van der Waals surface area contributed by atoms with Gasteiger partial charge < -0.3 is 0 Å². The van der Waals surface area contributed by atoms with Crippen molar-refractivity contribution in [2.75, 3.05) is 0 Å². The van der Waals surface area contributed by atoms with E-state index in [4.69, 9.17) is 9.97 Å². The van der Waals surface area contributed by atoms with Gasteiger partial charge in [-0.3, -0.25) is 4.57 Å². The van der Waals surface area contributed by atoms with Gasteiger partial charge in [-0.05, 0) is 75.5 Å². The zero-order valence-corrected chi connectivity index (χ0v) is 27.8. The number of fused-ring (bicyclic) bond motifs is 14. The fourth-order valence-electron chi connectivity index (χ4n) is 8.51. The van der Waals surface area contributed by atoms with Crippen molar-refractivity contribution in [1.82, 2.24) is 14.5 Å². The Labute approximate surface area is 286 Å². The van der Waals surface area contributed by atoms with E-state index in [2.05, 4.69) is 158 Å². The van der Waals surface area contributed by atoms with Crippen molar-refractivity contribution in [3.8, 4) is 28.2 Å². The molecule has 1 aliphatic rings. The van der Waals surface area contributed by atoms with Crippen LogP contribution in [0.5, 0.6) is 0 Å². The number of rotatable bonds is 2. The Morgan fingerprint density at radius 1 is 0.551 bits per heavy atom. The third-order valence-electron chi connectivity index (χ3n) is 10.8. The lowest BCUT2D eigenvalue weighted by molar-refractivity contribution is 0.660. The van der Waals surface area contributed by atoms with Gasteiger partial charge in [0.25, 0.3) is 0 Å². The van der Waals surface area contributed by atoms with Crippen molar-refractivity contribution < 1.29 is 0 Å². The maximum Gasteiger partial charge on any atom is 0.138 e. The number of thiophene rings is 1. The summed E-state index contributed by atoms with van der Waals surface area (Å²) >= 11 is 1.88. The largest absolute Gasteiger partial charge is 0.292 e. The second-order valence-electron chi connectivity index (χ2n) is 13.8. The first kappa shape index (κ1) is 27.1. The molecule has 1 aliphatic carbocycles. The summed E-state index contributed by atoms with van der Waals surface area (Å²) in [5.74, 6) is 0.902. The van der Waals surface area contributed by atoms with Gasteiger partial charge in [-0.2, -0.15) is 0 Å². The van der Waals surface area contributed by atoms with Crippen LogP contribution < -0.4 is 0 Å². The minimum Gasteiger partial charge on any atom is -0.292 e. The molecule has 0 aliphatic heterocycles. The molecule has 0 N–H and O–H groups in total. The molecule has 0 fully saturated rings. The van der Waals surface area contributed by atoms with E-state index >= 15 is 0 Å². The van der Waals surface area contributed by atoms with E-state index < -0.39 is 0 Å². The molecule has 4 heteroatoms. The van der Waals surface area contributed by atoms with Crippen molar-refractivity contribution in [3.05, 3.63) is 151 Å². The summed E-state index contributed by atoms with van der Waals surface area (Å²) in [6.45, 7) is 4.65. The highest BCUT2D eigenvalue weighted by atomic mass is 32.1. The van der Waals surface area contributed by atoms with Crippen molar-refractivity contribution in [3.63, 3.8) is 0 Å². The lowest BCUT2D eigenvalue weighted by Gasteiger charge is -2.21. The van der Waals surface area contributed by atoms with Crippen molar-refractivity contribution in [2.45, 2.75) is 19.3 Å². The molecule has 10 aromatic rings. The molecule has 49 heavy (non-hydrogen) atoms. The van der Waals surface area contributed by atoms with Gasteiger partial charge in [-0.1, -0.05) is 111 Å². The smallest absolute Gasteiger partial charge is 0.138 e. The van der Waals surface area contributed by atoms with Crippen LogP contribution in [0, 0.1) is 0 Å². The zero-order chi connectivity index (χ0) is 32.4. The molecule has 0 unspecified atom stereocenters. The topological polar surface area (TPSA) is 30.7 Å². The number of pyridine rings is 2. The minimum atomic E-state index is -0.0529. The normalized spacial score (nSPS) is 13.7. The van der Waals surface area contributed by atoms with Crippen LogP contribution in [0.4, 0.5) is 0 Å². The number of hydrogen-bond acceptors (Lipinski definition) is 3. The second kappa shape index (κ2) is 9.62. The number of benzene rings is 6. The fourth-order valence-corrected chi connectivity index (χ4v) is 9.77. The molecule has 0 amide bonds. The van der Waals surface area contributed by atoms with Crippen molar-refractivity contribution in [1.29, 1.82) is 0 Å². The minimum absolute atomic E-state index is 0.0529. The van der Waals surface area contributed by atoms with Crippen LogP contribution in [0.25, 0.3) is 92.0 Å². The first-order valence-corrected chi connectivity index (χ1v) is 17.7. The van der Waals surface area contributed by atoms with E-state index in [-0.39, 0.29) is 5.41 Å². The number of aromatic nitrogens is 3. The van der Waals surface area contributed by atoms with Gasteiger partial charge in [0.05, 0.1) is 32.5 Å². The average molecular weight is 644 g/mol. The van der Waals surface area contributed by atoms with Gasteiger partial charge in [0.15, 0.2) is 0 Å².